The molecular formula is C19H20N2O4. The van der Waals surface area contributed by atoms with Crippen LogP contribution >= 0.6 is 0 Å². The van der Waals surface area contributed by atoms with E-state index in [1.54, 1.807) is 18.4 Å². The van der Waals surface area contributed by atoms with E-state index >= 15 is 0 Å². The number of nitrogens with zero attached hydrogens (tertiary/aromatic N) is 1. The van der Waals surface area contributed by atoms with Crippen LogP contribution in [0.4, 0.5) is 0 Å². The van der Waals surface area contributed by atoms with Crippen LogP contribution in [0.15, 0.2) is 45.8 Å². The number of nitrogens with two attached hydrogens (primary N) is 1. The number of primary amides is 1. The molecule has 0 aliphatic carbocycles. The quantitative estimate of drug-likeness (QED) is 0.746. The van der Waals surface area contributed by atoms with Gasteiger partial charge in [-0.15, -0.1) is 0 Å². The lowest BCUT2D eigenvalue weighted by molar-refractivity contribution is 0.0996. The van der Waals surface area contributed by atoms with E-state index in [0.717, 1.165) is 5.56 Å². The minimum Gasteiger partial charge on any atom is -0.506 e. The SMILES string of the molecule is CC(C)Cn1c(=O)c(C(N)=O)c(O)c2c(Cc3ccco3)cccc21. The number of hydrogen-bond acceptors (Lipinski definition) is 4. The molecule has 0 aliphatic heterocycles. The van der Waals surface area contributed by atoms with Crippen molar-refractivity contribution in [1.82, 2.24) is 4.57 Å². The highest BCUT2D eigenvalue weighted by Crippen LogP contribution is 2.31. The summed E-state index contributed by atoms with van der Waals surface area (Å²) in [5, 5.41) is 11.1. The fourth-order valence-electron chi connectivity index (χ4n) is 3.07. The zero-order valence-corrected chi connectivity index (χ0v) is 14.2. The average Bonchev–Trinajstić information content (AvgIpc) is 3.03. The molecule has 2 aromatic heterocycles. The van der Waals surface area contributed by atoms with Crippen LogP contribution in [0, 0.1) is 5.92 Å². The highest BCUT2D eigenvalue weighted by atomic mass is 16.3. The van der Waals surface area contributed by atoms with Gasteiger partial charge in [0.05, 0.1) is 11.8 Å². The fourth-order valence-corrected chi connectivity index (χ4v) is 3.07. The van der Waals surface area contributed by atoms with E-state index in [-0.39, 0.29) is 17.2 Å². The normalized spacial score (nSPS) is 11.3. The molecule has 3 N–H and O–H groups in total. The first kappa shape index (κ1) is 16.8. The van der Waals surface area contributed by atoms with Crippen LogP contribution in [0.3, 0.4) is 0 Å². The summed E-state index contributed by atoms with van der Waals surface area (Å²) in [5.74, 6) is -0.404. The van der Waals surface area contributed by atoms with Crippen LogP contribution in [0.5, 0.6) is 5.75 Å². The van der Waals surface area contributed by atoms with Crippen molar-refractivity contribution in [3.05, 3.63) is 63.8 Å². The molecule has 0 saturated heterocycles. The summed E-state index contributed by atoms with van der Waals surface area (Å²) in [6.07, 6.45) is 2.00. The number of aromatic nitrogens is 1. The Kier molecular flexibility index (Phi) is 4.35. The monoisotopic (exact) mass is 340 g/mol. The van der Waals surface area contributed by atoms with Crippen molar-refractivity contribution in [1.29, 1.82) is 0 Å². The second-order valence-corrected chi connectivity index (χ2v) is 6.46. The molecule has 2 heterocycles. The van der Waals surface area contributed by atoms with E-state index in [1.807, 2.05) is 32.0 Å². The first-order chi connectivity index (χ1) is 11.9. The Morgan fingerprint density at radius 1 is 1.28 bits per heavy atom. The van der Waals surface area contributed by atoms with Crippen LogP contribution in [-0.2, 0) is 13.0 Å². The van der Waals surface area contributed by atoms with Crippen molar-refractivity contribution in [3.63, 3.8) is 0 Å². The molecule has 0 atom stereocenters. The number of rotatable bonds is 5. The molecule has 0 saturated carbocycles. The average molecular weight is 340 g/mol. The van der Waals surface area contributed by atoms with Gasteiger partial charge in [0, 0.05) is 18.4 Å². The standard InChI is InChI=1S/C19H20N2O4/c1-11(2)10-21-14-7-3-5-12(9-13-6-4-8-25-13)15(14)17(22)16(18(20)23)19(21)24/h3-8,11,22H,9-10H2,1-2H3,(H2,20,23). The second kappa shape index (κ2) is 6.47. The zero-order valence-electron chi connectivity index (χ0n) is 14.2. The lowest BCUT2D eigenvalue weighted by atomic mass is 10.00. The summed E-state index contributed by atoms with van der Waals surface area (Å²) < 4.78 is 6.89. The third-order valence-electron chi connectivity index (χ3n) is 4.09. The summed E-state index contributed by atoms with van der Waals surface area (Å²) in [6, 6.07) is 9.02. The van der Waals surface area contributed by atoms with Gasteiger partial charge in [0.25, 0.3) is 11.5 Å². The van der Waals surface area contributed by atoms with E-state index in [0.29, 0.717) is 29.6 Å². The molecule has 1 aromatic carbocycles. The number of carbonyl (C=O) groups excluding carboxylic acids is 1. The predicted octanol–water partition coefficient (Wildman–Crippen LogP) is 2.65. The molecule has 3 aromatic rings. The predicted molar refractivity (Wildman–Crippen MR) is 94.7 cm³/mol. The van der Waals surface area contributed by atoms with Crippen LogP contribution in [0.25, 0.3) is 10.9 Å². The number of pyridine rings is 1. The van der Waals surface area contributed by atoms with Crippen LogP contribution in [0.2, 0.25) is 0 Å². The van der Waals surface area contributed by atoms with Crippen molar-refractivity contribution >= 4 is 16.8 Å². The Morgan fingerprint density at radius 2 is 2.04 bits per heavy atom. The molecule has 3 rings (SSSR count). The summed E-state index contributed by atoms with van der Waals surface area (Å²) >= 11 is 0. The number of aromatic hydroxyl groups is 1. The Labute approximate surface area is 144 Å². The molecule has 0 fully saturated rings. The smallest absolute Gasteiger partial charge is 0.267 e. The van der Waals surface area contributed by atoms with E-state index in [2.05, 4.69) is 0 Å². The summed E-state index contributed by atoms with van der Waals surface area (Å²) in [6.45, 7) is 4.36. The van der Waals surface area contributed by atoms with Gasteiger partial charge in [-0.3, -0.25) is 9.59 Å². The Bertz CT molecular complexity index is 985. The molecule has 1 amide bonds. The molecule has 6 heteroatoms. The Balaban J connectivity index is 2.35. The van der Waals surface area contributed by atoms with Gasteiger partial charge in [-0.2, -0.15) is 0 Å². The molecule has 0 radical (unpaired) electrons. The van der Waals surface area contributed by atoms with E-state index < -0.39 is 11.5 Å². The third kappa shape index (κ3) is 3.03. The maximum atomic E-state index is 12.7. The number of furan rings is 1. The molecule has 130 valence electrons. The van der Waals surface area contributed by atoms with Crippen LogP contribution in [0.1, 0.15) is 35.5 Å². The molecule has 0 unspecified atom stereocenters. The van der Waals surface area contributed by atoms with E-state index in [9.17, 15) is 14.7 Å². The van der Waals surface area contributed by atoms with Gasteiger partial charge in [-0.25, -0.2) is 0 Å². The maximum Gasteiger partial charge on any atom is 0.267 e. The summed E-state index contributed by atoms with van der Waals surface area (Å²) in [4.78, 5) is 24.5. The summed E-state index contributed by atoms with van der Waals surface area (Å²) in [5.41, 5.74) is 5.75. The zero-order chi connectivity index (χ0) is 18.1. The highest BCUT2D eigenvalue weighted by Gasteiger charge is 2.22. The van der Waals surface area contributed by atoms with Crippen molar-refractivity contribution in [3.8, 4) is 5.75 Å². The molecule has 6 nitrogen and oxygen atoms in total. The number of amides is 1. The largest absolute Gasteiger partial charge is 0.506 e. The van der Waals surface area contributed by atoms with E-state index in [4.69, 9.17) is 10.2 Å². The van der Waals surface area contributed by atoms with Crippen molar-refractivity contribution < 1.29 is 14.3 Å². The van der Waals surface area contributed by atoms with Gasteiger partial charge in [-0.05, 0) is 29.7 Å². The maximum absolute atomic E-state index is 12.7. The lowest BCUT2D eigenvalue weighted by Crippen LogP contribution is -2.31. The van der Waals surface area contributed by atoms with Gasteiger partial charge in [0.2, 0.25) is 0 Å². The topological polar surface area (TPSA) is 98.5 Å². The molecule has 0 bridgehead atoms. The molecule has 0 aliphatic rings. The minimum atomic E-state index is -0.935. The van der Waals surface area contributed by atoms with Gasteiger partial charge in [0.15, 0.2) is 0 Å². The van der Waals surface area contributed by atoms with Gasteiger partial charge >= 0.3 is 0 Å². The Hall–Kier alpha value is -3.02. The molecule has 0 spiro atoms. The third-order valence-corrected chi connectivity index (χ3v) is 4.09. The van der Waals surface area contributed by atoms with Crippen LogP contribution in [-0.4, -0.2) is 15.6 Å². The minimum absolute atomic E-state index is 0.180. The number of fused-ring (bicyclic) bond motifs is 1. The molecular weight excluding hydrogens is 320 g/mol. The van der Waals surface area contributed by atoms with Gasteiger partial charge in [-0.1, -0.05) is 26.0 Å². The second-order valence-electron chi connectivity index (χ2n) is 6.46. The lowest BCUT2D eigenvalue weighted by Gasteiger charge is -2.17. The van der Waals surface area contributed by atoms with Crippen molar-refractivity contribution in [2.75, 3.05) is 0 Å². The highest BCUT2D eigenvalue weighted by molar-refractivity contribution is 6.02. The Morgan fingerprint density at radius 3 is 2.64 bits per heavy atom. The first-order valence-electron chi connectivity index (χ1n) is 8.09. The van der Waals surface area contributed by atoms with Crippen molar-refractivity contribution in [2.24, 2.45) is 11.7 Å². The summed E-state index contributed by atoms with van der Waals surface area (Å²) in [7, 11) is 0. The fraction of sp³-hybridized carbons (Fsp3) is 0.263. The van der Waals surface area contributed by atoms with Gasteiger partial charge < -0.3 is 19.8 Å². The van der Waals surface area contributed by atoms with E-state index in [1.165, 1.54) is 4.57 Å². The number of hydrogen-bond donors (Lipinski definition) is 2. The number of benzene rings is 1. The van der Waals surface area contributed by atoms with Crippen molar-refractivity contribution in [2.45, 2.75) is 26.8 Å². The van der Waals surface area contributed by atoms with Gasteiger partial charge in [0.1, 0.15) is 17.1 Å². The molecule has 25 heavy (non-hydrogen) atoms. The van der Waals surface area contributed by atoms with Crippen LogP contribution < -0.4 is 11.3 Å². The first-order valence-corrected chi connectivity index (χ1v) is 8.09. The number of carbonyl (C=O) groups is 1.